The lowest BCUT2D eigenvalue weighted by molar-refractivity contribution is -0.119. The molecular formula is C13H14F4N2O3. The molecule has 1 aliphatic heterocycles. The topological polar surface area (TPSA) is 59.6 Å². The van der Waals surface area contributed by atoms with E-state index in [2.05, 4.69) is 20.1 Å². The molecule has 2 N–H and O–H groups in total. The first-order valence-electron chi connectivity index (χ1n) is 6.51. The van der Waals surface area contributed by atoms with Crippen LogP contribution in [0.3, 0.4) is 0 Å². The number of amides is 1. The Kier molecular flexibility index (Phi) is 5.42. The predicted molar refractivity (Wildman–Crippen MR) is 69.3 cm³/mol. The van der Waals surface area contributed by atoms with E-state index < -0.39 is 19.0 Å². The van der Waals surface area contributed by atoms with Crippen LogP contribution in [0.1, 0.15) is 6.42 Å². The zero-order valence-electron chi connectivity index (χ0n) is 11.3. The number of halogens is 4. The van der Waals surface area contributed by atoms with Gasteiger partial charge in [-0.25, -0.2) is 0 Å². The van der Waals surface area contributed by atoms with E-state index in [1.807, 2.05) is 0 Å². The van der Waals surface area contributed by atoms with Crippen molar-refractivity contribution in [3.8, 4) is 11.5 Å². The summed E-state index contributed by atoms with van der Waals surface area (Å²) in [7, 11) is 0. The third-order valence-corrected chi connectivity index (χ3v) is 3.08. The van der Waals surface area contributed by atoms with Crippen molar-refractivity contribution in [2.24, 2.45) is 5.92 Å². The Bertz CT molecular complexity index is 522. The van der Waals surface area contributed by atoms with Gasteiger partial charge in [0.05, 0.1) is 11.6 Å². The molecule has 1 aliphatic rings. The Hall–Kier alpha value is -2.03. The van der Waals surface area contributed by atoms with Crippen molar-refractivity contribution in [1.82, 2.24) is 5.32 Å². The standard InChI is InChI=1S/C13H14F4N2O3/c14-12(15)21-8-1-2-9(10(5-8)22-13(16)17)19-11(20)7-3-4-18-6-7/h1-2,5,7,12-13,18H,3-4,6H2,(H,19,20). The number of rotatable bonds is 6. The molecule has 0 aliphatic carbocycles. The summed E-state index contributed by atoms with van der Waals surface area (Å²) in [6.45, 7) is -5.07. The number of anilines is 1. The van der Waals surface area contributed by atoms with Crippen LogP contribution in [-0.2, 0) is 4.79 Å². The minimum Gasteiger partial charge on any atom is -0.435 e. The molecule has 1 amide bonds. The number of nitrogens with one attached hydrogen (secondary N) is 2. The number of carbonyl (C=O) groups excluding carboxylic acids is 1. The quantitative estimate of drug-likeness (QED) is 0.790. The molecule has 0 saturated carbocycles. The van der Waals surface area contributed by atoms with Crippen LogP contribution in [0, 0.1) is 5.92 Å². The van der Waals surface area contributed by atoms with E-state index in [1.165, 1.54) is 6.07 Å². The number of ether oxygens (including phenoxy) is 2. The Morgan fingerprint density at radius 1 is 1.23 bits per heavy atom. The normalized spacial score (nSPS) is 17.8. The van der Waals surface area contributed by atoms with Gasteiger partial charge in [0.1, 0.15) is 5.75 Å². The Labute approximate surface area is 123 Å². The second-order valence-corrected chi connectivity index (χ2v) is 4.59. The van der Waals surface area contributed by atoms with Gasteiger partial charge in [-0.2, -0.15) is 17.6 Å². The van der Waals surface area contributed by atoms with E-state index in [4.69, 9.17) is 0 Å². The Morgan fingerprint density at radius 2 is 1.95 bits per heavy atom. The average molecular weight is 322 g/mol. The van der Waals surface area contributed by atoms with Gasteiger partial charge in [-0.05, 0) is 25.1 Å². The number of alkyl halides is 4. The number of benzene rings is 1. The molecular weight excluding hydrogens is 308 g/mol. The van der Waals surface area contributed by atoms with Gasteiger partial charge in [-0.1, -0.05) is 0 Å². The van der Waals surface area contributed by atoms with E-state index in [-0.39, 0.29) is 23.3 Å². The first kappa shape index (κ1) is 16.3. The molecule has 1 heterocycles. The fourth-order valence-corrected chi connectivity index (χ4v) is 2.09. The summed E-state index contributed by atoms with van der Waals surface area (Å²) in [5.41, 5.74) is -0.0289. The molecule has 0 radical (unpaired) electrons. The van der Waals surface area contributed by atoms with Gasteiger partial charge in [-0.3, -0.25) is 4.79 Å². The third-order valence-electron chi connectivity index (χ3n) is 3.08. The Morgan fingerprint density at radius 3 is 2.55 bits per heavy atom. The van der Waals surface area contributed by atoms with Gasteiger partial charge in [0, 0.05) is 12.6 Å². The van der Waals surface area contributed by atoms with Crippen LogP contribution in [0.5, 0.6) is 11.5 Å². The van der Waals surface area contributed by atoms with Crippen LogP contribution in [0.25, 0.3) is 0 Å². The van der Waals surface area contributed by atoms with E-state index in [1.54, 1.807) is 0 Å². The van der Waals surface area contributed by atoms with Crippen molar-refractivity contribution in [3.05, 3.63) is 18.2 Å². The fourth-order valence-electron chi connectivity index (χ4n) is 2.09. The maximum atomic E-state index is 12.4. The zero-order valence-corrected chi connectivity index (χ0v) is 11.3. The molecule has 0 aromatic heterocycles. The minimum atomic E-state index is -3.16. The summed E-state index contributed by atoms with van der Waals surface area (Å²) in [5, 5.41) is 5.46. The second kappa shape index (κ2) is 7.30. The number of hydrogen-bond acceptors (Lipinski definition) is 4. The highest BCUT2D eigenvalue weighted by molar-refractivity contribution is 5.94. The lowest BCUT2D eigenvalue weighted by Gasteiger charge is -2.15. The lowest BCUT2D eigenvalue weighted by Crippen LogP contribution is -2.25. The summed E-state index contributed by atoms with van der Waals surface area (Å²) in [6, 6.07) is 3.18. The summed E-state index contributed by atoms with van der Waals surface area (Å²) >= 11 is 0. The summed E-state index contributed by atoms with van der Waals surface area (Å²) < 4.78 is 57.4. The van der Waals surface area contributed by atoms with Crippen LogP contribution in [0.2, 0.25) is 0 Å². The zero-order chi connectivity index (χ0) is 16.1. The van der Waals surface area contributed by atoms with Crippen LogP contribution >= 0.6 is 0 Å². The Balaban J connectivity index is 2.15. The van der Waals surface area contributed by atoms with Gasteiger partial charge in [0.15, 0.2) is 5.75 Å². The van der Waals surface area contributed by atoms with Crippen molar-refractivity contribution < 1.29 is 31.8 Å². The van der Waals surface area contributed by atoms with Crippen molar-refractivity contribution in [2.45, 2.75) is 19.6 Å². The van der Waals surface area contributed by atoms with Gasteiger partial charge >= 0.3 is 13.2 Å². The number of hydrogen-bond donors (Lipinski definition) is 2. The molecule has 22 heavy (non-hydrogen) atoms. The van der Waals surface area contributed by atoms with Crippen molar-refractivity contribution in [1.29, 1.82) is 0 Å². The molecule has 1 aromatic carbocycles. The first-order valence-corrected chi connectivity index (χ1v) is 6.51. The summed E-state index contributed by atoms with van der Waals surface area (Å²) in [5.74, 6) is -1.42. The van der Waals surface area contributed by atoms with Crippen molar-refractivity contribution in [3.63, 3.8) is 0 Å². The van der Waals surface area contributed by atoms with Crippen LogP contribution < -0.4 is 20.1 Å². The van der Waals surface area contributed by atoms with E-state index in [0.29, 0.717) is 19.5 Å². The highest BCUT2D eigenvalue weighted by Gasteiger charge is 2.24. The minimum absolute atomic E-state index is 0.0289. The molecule has 2 rings (SSSR count). The highest BCUT2D eigenvalue weighted by atomic mass is 19.3. The third kappa shape index (κ3) is 4.48. The lowest BCUT2D eigenvalue weighted by atomic mass is 10.1. The van der Waals surface area contributed by atoms with Gasteiger partial charge in [0.2, 0.25) is 5.91 Å². The average Bonchev–Trinajstić information content (AvgIpc) is 2.94. The predicted octanol–water partition coefficient (Wildman–Crippen LogP) is 2.44. The second-order valence-electron chi connectivity index (χ2n) is 4.59. The van der Waals surface area contributed by atoms with E-state index in [9.17, 15) is 22.4 Å². The number of carbonyl (C=O) groups is 1. The van der Waals surface area contributed by atoms with Gasteiger partial charge in [-0.15, -0.1) is 0 Å². The largest absolute Gasteiger partial charge is 0.435 e. The van der Waals surface area contributed by atoms with E-state index >= 15 is 0 Å². The molecule has 5 nitrogen and oxygen atoms in total. The SMILES string of the molecule is O=C(Nc1ccc(OC(F)F)cc1OC(F)F)C1CCNC1. The first-order chi connectivity index (χ1) is 10.5. The monoisotopic (exact) mass is 322 g/mol. The molecule has 1 aromatic rings. The molecule has 1 atom stereocenters. The van der Waals surface area contributed by atoms with Crippen molar-refractivity contribution in [2.75, 3.05) is 18.4 Å². The van der Waals surface area contributed by atoms with Gasteiger partial charge in [0.25, 0.3) is 0 Å². The molecule has 1 fully saturated rings. The summed E-state index contributed by atoms with van der Waals surface area (Å²) in [6.07, 6.45) is 0.628. The highest BCUT2D eigenvalue weighted by Crippen LogP contribution is 2.32. The maximum absolute atomic E-state index is 12.4. The van der Waals surface area contributed by atoms with Crippen LogP contribution in [0.15, 0.2) is 18.2 Å². The fraction of sp³-hybridized carbons (Fsp3) is 0.462. The van der Waals surface area contributed by atoms with E-state index in [0.717, 1.165) is 12.1 Å². The summed E-state index contributed by atoms with van der Waals surface area (Å²) in [4.78, 5) is 12.0. The van der Waals surface area contributed by atoms with Crippen LogP contribution in [-0.4, -0.2) is 32.2 Å². The molecule has 1 saturated heterocycles. The van der Waals surface area contributed by atoms with Crippen LogP contribution in [0.4, 0.5) is 23.2 Å². The van der Waals surface area contributed by atoms with Gasteiger partial charge < -0.3 is 20.1 Å². The maximum Gasteiger partial charge on any atom is 0.387 e. The molecule has 122 valence electrons. The molecule has 0 spiro atoms. The van der Waals surface area contributed by atoms with Crippen molar-refractivity contribution >= 4 is 11.6 Å². The molecule has 0 bridgehead atoms. The smallest absolute Gasteiger partial charge is 0.387 e. The molecule has 9 heteroatoms. The molecule has 1 unspecified atom stereocenters.